The molecule has 5 rings (SSSR count). The van der Waals surface area contributed by atoms with E-state index in [1.807, 2.05) is 12.1 Å². The summed E-state index contributed by atoms with van der Waals surface area (Å²) in [4.78, 5) is 20.1. The Kier molecular flexibility index (Phi) is 6.46. The summed E-state index contributed by atoms with van der Waals surface area (Å²) in [6.45, 7) is 2.57. The van der Waals surface area contributed by atoms with Crippen LogP contribution < -0.4 is 10.2 Å². The smallest absolute Gasteiger partial charge is 0.243 e. The zero-order chi connectivity index (χ0) is 23.7. The van der Waals surface area contributed by atoms with Crippen LogP contribution in [0.25, 0.3) is 10.9 Å². The summed E-state index contributed by atoms with van der Waals surface area (Å²) in [6.07, 6.45) is 3.53. The molecule has 34 heavy (non-hydrogen) atoms. The van der Waals surface area contributed by atoms with Crippen LogP contribution in [0.15, 0.2) is 59.5 Å². The summed E-state index contributed by atoms with van der Waals surface area (Å²) in [5.74, 6) is 0.645. The Balaban J connectivity index is 1.31. The van der Waals surface area contributed by atoms with E-state index in [1.54, 1.807) is 46.8 Å². The number of anilines is 2. The number of amides is 1. The predicted molar refractivity (Wildman–Crippen MR) is 135 cm³/mol. The van der Waals surface area contributed by atoms with Crippen LogP contribution in [-0.4, -0.2) is 49.8 Å². The van der Waals surface area contributed by atoms with Crippen molar-refractivity contribution in [3.63, 3.8) is 0 Å². The number of nitrogens with zero attached hydrogens (tertiary/aromatic N) is 3. The molecular weight excluding hydrogens is 472 g/mol. The molecule has 0 radical (unpaired) electrons. The van der Waals surface area contributed by atoms with Crippen molar-refractivity contribution in [1.82, 2.24) is 9.29 Å². The third-order valence-electron chi connectivity index (χ3n) is 6.58. The first-order chi connectivity index (χ1) is 16.4. The Morgan fingerprint density at radius 1 is 0.971 bits per heavy atom. The number of fused-ring (bicyclic) bond motifs is 1. The summed E-state index contributed by atoms with van der Waals surface area (Å²) in [6, 6.07) is 16.1. The van der Waals surface area contributed by atoms with Gasteiger partial charge in [0.25, 0.3) is 0 Å². The highest BCUT2D eigenvalue weighted by Crippen LogP contribution is 2.28. The number of pyridine rings is 1. The van der Waals surface area contributed by atoms with Crippen LogP contribution in [0, 0.1) is 5.92 Å². The fraction of sp³-hybridized carbons (Fsp3) is 0.360. The van der Waals surface area contributed by atoms with E-state index in [2.05, 4.69) is 10.2 Å². The lowest BCUT2D eigenvalue weighted by atomic mass is 9.97. The Morgan fingerprint density at radius 2 is 1.74 bits per heavy atom. The Labute approximate surface area is 204 Å². The van der Waals surface area contributed by atoms with Gasteiger partial charge in [-0.05, 0) is 80.3 Å². The molecule has 0 aliphatic carbocycles. The molecule has 2 aliphatic rings. The molecule has 1 N–H and O–H groups in total. The molecule has 0 bridgehead atoms. The third-order valence-corrected chi connectivity index (χ3v) is 8.72. The van der Waals surface area contributed by atoms with Crippen LogP contribution in [0.2, 0.25) is 5.02 Å². The van der Waals surface area contributed by atoms with Gasteiger partial charge in [-0.1, -0.05) is 11.6 Å². The molecule has 2 fully saturated rings. The first-order valence-electron chi connectivity index (χ1n) is 11.6. The summed E-state index contributed by atoms with van der Waals surface area (Å²) < 4.78 is 27.3. The van der Waals surface area contributed by atoms with Gasteiger partial charge < -0.3 is 10.2 Å². The third kappa shape index (κ3) is 4.76. The van der Waals surface area contributed by atoms with Gasteiger partial charge in [-0.25, -0.2) is 13.4 Å². The van der Waals surface area contributed by atoms with Gasteiger partial charge in [0.2, 0.25) is 15.9 Å². The SMILES string of the molecule is O=C(Nc1ccc(Cl)cc1)C1CCCN(c2ccc3cc(S(=O)(=O)N4CCCC4)ccc3n2)C1. The van der Waals surface area contributed by atoms with Gasteiger partial charge in [0.05, 0.1) is 16.3 Å². The molecule has 1 unspecified atom stereocenters. The van der Waals surface area contributed by atoms with E-state index in [9.17, 15) is 13.2 Å². The van der Waals surface area contributed by atoms with Gasteiger partial charge in [-0.2, -0.15) is 4.31 Å². The van der Waals surface area contributed by atoms with Crippen LogP contribution in [0.5, 0.6) is 0 Å². The standard InChI is InChI=1S/C25H27ClN4O3S/c26-20-6-8-21(9-7-20)27-25(31)19-4-3-13-29(17-19)24-12-5-18-16-22(10-11-23(18)28-24)34(32,33)30-14-1-2-15-30/h5-12,16,19H,1-4,13-15,17H2,(H,27,31). The number of benzene rings is 2. The lowest BCUT2D eigenvalue weighted by Gasteiger charge is -2.33. The van der Waals surface area contributed by atoms with Gasteiger partial charge in [-0.3, -0.25) is 4.79 Å². The number of hydrogen-bond donors (Lipinski definition) is 1. The van der Waals surface area contributed by atoms with Crippen LogP contribution in [0.1, 0.15) is 25.7 Å². The Hall–Kier alpha value is -2.68. The van der Waals surface area contributed by atoms with E-state index in [0.717, 1.165) is 54.6 Å². The average molecular weight is 499 g/mol. The molecule has 1 amide bonds. The van der Waals surface area contributed by atoms with E-state index in [0.29, 0.717) is 29.6 Å². The molecule has 1 aromatic heterocycles. The van der Waals surface area contributed by atoms with Gasteiger partial charge in [-0.15, -0.1) is 0 Å². The van der Waals surface area contributed by atoms with Crippen molar-refractivity contribution in [2.45, 2.75) is 30.6 Å². The molecule has 3 heterocycles. The molecule has 2 aliphatic heterocycles. The average Bonchev–Trinajstić information content (AvgIpc) is 3.41. The molecule has 9 heteroatoms. The second-order valence-electron chi connectivity index (χ2n) is 8.92. The fourth-order valence-corrected chi connectivity index (χ4v) is 6.36. The van der Waals surface area contributed by atoms with Crippen molar-refractivity contribution >= 4 is 49.9 Å². The van der Waals surface area contributed by atoms with Gasteiger partial charge in [0, 0.05) is 42.3 Å². The minimum absolute atomic E-state index is 0.00965. The Bertz CT molecular complexity index is 1310. The first kappa shape index (κ1) is 23.1. The van der Waals surface area contributed by atoms with Crippen LogP contribution in [0.4, 0.5) is 11.5 Å². The molecule has 2 saturated heterocycles. The van der Waals surface area contributed by atoms with E-state index in [1.165, 1.54) is 0 Å². The summed E-state index contributed by atoms with van der Waals surface area (Å²) in [7, 11) is -3.46. The normalized spacial score (nSPS) is 19.4. The number of sulfonamides is 1. The molecule has 0 saturated carbocycles. The van der Waals surface area contributed by atoms with E-state index in [-0.39, 0.29) is 11.8 Å². The maximum absolute atomic E-state index is 12.9. The van der Waals surface area contributed by atoms with Crippen LogP contribution in [-0.2, 0) is 14.8 Å². The highest BCUT2D eigenvalue weighted by atomic mass is 35.5. The van der Waals surface area contributed by atoms with E-state index < -0.39 is 10.0 Å². The van der Waals surface area contributed by atoms with Crippen molar-refractivity contribution in [2.75, 3.05) is 36.4 Å². The molecule has 0 spiro atoms. The second-order valence-corrected chi connectivity index (χ2v) is 11.3. The van der Waals surface area contributed by atoms with Gasteiger partial charge in [0.15, 0.2) is 0 Å². The molecule has 3 aromatic rings. The second kappa shape index (κ2) is 9.52. The number of aromatic nitrogens is 1. The minimum Gasteiger partial charge on any atom is -0.356 e. The van der Waals surface area contributed by atoms with Crippen molar-refractivity contribution in [3.8, 4) is 0 Å². The molecule has 2 aromatic carbocycles. The highest BCUT2D eigenvalue weighted by molar-refractivity contribution is 7.89. The maximum atomic E-state index is 12.9. The van der Waals surface area contributed by atoms with E-state index in [4.69, 9.17) is 16.6 Å². The van der Waals surface area contributed by atoms with E-state index >= 15 is 0 Å². The maximum Gasteiger partial charge on any atom is 0.243 e. The number of nitrogens with one attached hydrogen (secondary N) is 1. The largest absolute Gasteiger partial charge is 0.356 e. The lowest BCUT2D eigenvalue weighted by Crippen LogP contribution is -2.41. The highest BCUT2D eigenvalue weighted by Gasteiger charge is 2.28. The Morgan fingerprint density at radius 3 is 2.50 bits per heavy atom. The fourth-order valence-electron chi connectivity index (χ4n) is 4.68. The predicted octanol–water partition coefficient (Wildman–Crippen LogP) is 4.53. The van der Waals surface area contributed by atoms with Gasteiger partial charge >= 0.3 is 0 Å². The number of carbonyl (C=O) groups excluding carboxylic acids is 1. The van der Waals surface area contributed by atoms with Crippen molar-refractivity contribution in [2.24, 2.45) is 5.92 Å². The molecule has 1 atom stereocenters. The minimum atomic E-state index is -3.46. The van der Waals surface area contributed by atoms with Crippen LogP contribution in [0.3, 0.4) is 0 Å². The summed E-state index contributed by atoms with van der Waals surface area (Å²) in [5, 5.41) is 4.40. The quantitative estimate of drug-likeness (QED) is 0.559. The summed E-state index contributed by atoms with van der Waals surface area (Å²) >= 11 is 5.93. The first-order valence-corrected chi connectivity index (χ1v) is 13.4. The van der Waals surface area contributed by atoms with Crippen molar-refractivity contribution in [3.05, 3.63) is 59.6 Å². The zero-order valence-corrected chi connectivity index (χ0v) is 20.4. The molecule has 178 valence electrons. The number of carbonyl (C=O) groups is 1. The number of rotatable bonds is 5. The topological polar surface area (TPSA) is 82.6 Å². The van der Waals surface area contributed by atoms with Crippen molar-refractivity contribution in [1.29, 1.82) is 0 Å². The van der Waals surface area contributed by atoms with Crippen LogP contribution >= 0.6 is 11.6 Å². The number of piperidine rings is 1. The lowest BCUT2D eigenvalue weighted by molar-refractivity contribution is -0.120. The number of hydrogen-bond acceptors (Lipinski definition) is 5. The molecule has 7 nitrogen and oxygen atoms in total. The molecular formula is C25H27ClN4O3S. The monoisotopic (exact) mass is 498 g/mol. The van der Waals surface area contributed by atoms with Gasteiger partial charge in [0.1, 0.15) is 5.82 Å². The zero-order valence-electron chi connectivity index (χ0n) is 18.8. The number of halogens is 1. The van der Waals surface area contributed by atoms with Crippen molar-refractivity contribution < 1.29 is 13.2 Å². The summed E-state index contributed by atoms with van der Waals surface area (Å²) in [5.41, 5.74) is 1.47.